The highest BCUT2D eigenvalue weighted by atomic mass is 16.5. The number of carbonyl (C=O) groups excluding carboxylic acids is 3. The van der Waals surface area contributed by atoms with Crippen molar-refractivity contribution >= 4 is 23.4 Å². The Labute approximate surface area is 219 Å². The lowest BCUT2D eigenvalue weighted by Crippen LogP contribution is -2.57. The molecule has 200 valence electrons. The maximum Gasteiger partial charge on any atom is 0.246 e. The van der Waals surface area contributed by atoms with Gasteiger partial charge in [-0.25, -0.2) is 0 Å². The first-order valence-electron chi connectivity index (χ1n) is 13.7. The maximum atomic E-state index is 14.0. The summed E-state index contributed by atoms with van der Waals surface area (Å²) in [5.41, 5.74) is -0.537. The van der Waals surface area contributed by atoms with Gasteiger partial charge in [0.1, 0.15) is 17.4 Å². The van der Waals surface area contributed by atoms with E-state index in [1.165, 1.54) is 6.42 Å². The standard InChI is InChI=1S/C29H39N3O5/c1-17(2)13-15-32-25(27(34)31-21-11-6-5-8-18(21)3)29-14-12-22(37-29)23(24(29)28(32)35)26(33)30-19-9-7-10-20(16-19)36-4/h7,9-10,12,14,16-18,21-25H,5-6,8,11,13,15H2,1-4H3,(H,30,33)(H,31,34). The Kier molecular flexibility index (Phi) is 7.05. The first kappa shape index (κ1) is 25.8. The van der Waals surface area contributed by atoms with Gasteiger partial charge >= 0.3 is 0 Å². The topological polar surface area (TPSA) is 97.0 Å². The summed E-state index contributed by atoms with van der Waals surface area (Å²) in [5, 5.41) is 6.22. The minimum absolute atomic E-state index is 0.0912. The van der Waals surface area contributed by atoms with E-state index in [1.54, 1.807) is 36.3 Å². The van der Waals surface area contributed by atoms with Crippen LogP contribution in [-0.4, -0.2) is 60.1 Å². The van der Waals surface area contributed by atoms with Crippen molar-refractivity contribution in [3.05, 3.63) is 36.4 Å². The summed E-state index contributed by atoms with van der Waals surface area (Å²) in [5.74, 6) is -0.681. The third kappa shape index (κ3) is 4.54. The molecule has 1 aliphatic carbocycles. The van der Waals surface area contributed by atoms with Crippen LogP contribution in [0.15, 0.2) is 36.4 Å². The summed E-state index contributed by atoms with van der Waals surface area (Å²) < 4.78 is 11.7. The van der Waals surface area contributed by atoms with Crippen LogP contribution in [0.5, 0.6) is 5.75 Å². The molecule has 0 radical (unpaired) electrons. The number of methoxy groups -OCH3 is 1. The summed E-state index contributed by atoms with van der Waals surface area (Å²) in [6.45, 7) is 6.84. The lowest BCUT2D eigenvalue weighted by atomic mass is 9.74. The first-order valence-corrected chi connectivity index (χ1v) is 13.7. The number of benzene rings is 1. The van der Waals surface area contributed by atoms with Gasteiger partial charge in [-0.1, -0.05) is 51.8 Å². The molecule has 1 spiro atoms. The number of carbonyl (C=O) groups is 3. The molecule has 2 N–H and O–H groups in total. The van der Waals surface area contributed by atoms with E-state index in [0.717, 1.165) is 25.7 Å². The van der Waals surface area contributed by atoms with Crippen LogP contribution in [0.2, 0.25) is 0 Å². The van der Waals surface area contributed by atoms with E-state index in [1.807, 2.05) is 12.2 Å². The highest BCUT2D eigenvalue weighted by molar-refractivity contribution is 6.02. The molecule has 37 heavy (non-hydrogen) atoms. The molecule has 1 aromatic carbocycles. The second-order valence-electron chi connectivity index (χ2n) is 11.5. The number of nitrogens with zero attached hydrogens (tertiary/aromatic N) is 1. The predicted octanol–water partition coefficient (Wildman–Crippen LogP) is 3.53. The molecule has 8 heteroatoms. The molecular weight excluding hydrogens is 470 g/mol. The van der Waals surface area contributed by atoms with Gasteiger partial charge in [0, 0.05) is 24.3 Å². The summed E-state index contributed by atoms with van der Waals surface area (Å²) in [4.78, 5) is 43.1. The Bertz CT molecular complexity index is 1090. The van der Waals surface area contributed by atoms with E-state index in [-0.39, 0.29) is 23.8 Å². The zero-order valence-corrected chi connectivity index (χ0v) is 22.2. The van der Waals surface area contributed by atoms with Crippen LogP contribution in [0.1, 0.15) is 52.9 Å². The quantitative estimate of drug-likeness (QED) is 0.523. The van der Waals surface area contributed by atoms with E-state index in [0.29, 0.717) is 29.8 Å². The number of fused-ring (bicyclic) bond motifs is 1. The van der Waals surface area contributed by atoms with Crippen LogP contribution in [0.25, 0.3) is 0 Å². The normalized spacial score (nSPS) is 34.1. The zero-order chi connectivity index (χ0) is 26.3. The van der Waals surface area contributed by atoms with E-state index >= 15 is 0 Å². The van der Waals surface area contributed by atoms with Gasteiger partial charge in [-0.05, 0) is 43.2 Å². The Hall–Kier alpha value is -2.87. The van der Waals surface area contributed by atoms with Gasteiger partial charge in [-0.2, -0.15) is 0 Å². The Morgan fingerprint density at radius 2 is 2.00 bits per heavy atom. The summed E-state index contributed by atoms with van der Waals surface area (Å²) in [6.07, 6.45) is 8.26. The molecule has 2 bridgehead atoms. The molecule has 8 nitrogen and oxygen atoms in total. The number of ether oxygens (including phenoxy) is 2. The molecule has 7 unspecified atom stereocenters. The third-order valence-electron chi connectivity index (χ3n) is 8.65. The number of anilines is 1. The van der Waals surface area contributed by atoms with Crippen LogP contribution < -0.4 is 15.4 Å². The van der Waals surface area contributed by atoms with Crippen LogP contribution in [0.3, 0.4) is 0 Å². The minimum Gasteiger partial charge on any atom is -0.497 e. The number of likely N-dealkylation sites (tertiary alicyclic amines) is 1. The average molecular weight is 510 g/mol. The van der Waals surface area contributed by atoms with Crippen molar-refractivity contribution in [2.75, 3.05) is 19.0 Å². The lowest BCUT2D eigenvalue weighted by molar-refractivity contribution is -0.141. The fourth-order valence-corrected chi connectivity index (χ4v) is 6.62. The maximum absolute atomic E-state index is 14.0. The van der Waals surface area contributed by atoms with Gasteiger partial charge in [0.2, 0.25) is 17.7 Å². The second-order valence-corrected chi connectivity index (χ2v) is 11.5. The Morgan fingerprint density at radius 3 is 2.73 bits per heavy atom. The SMILES string of the molecule is COc1cccc(NC(=O)C2C3C=CC4(O3)C2C(=O)N(CCC(C)C)C4C(=O)NC2CCCCC2C)c1. The van der Waals surface area contributed by atoms with Crippen molar-refractivity contribution in [1.29, 1.82) is 0 Å². The van der Waals surface area contributed by atoms with E-state index in [4.69, 9.17) is 9.47 Å². The number of hydrogen-bond acceptors (Lipinski definition) is 5. The van der Waals surface area contributed by atoms with Crippen molar-refractivity contribution in [2.24, 2.45) is 23.7 Å². The molecule has 1 aromatic rings. The van der Waals surface area contributed by atoms with Crippen LogP contribution in [0, 0.1) is 23.7 Å². The van der Waals surface area contributed by atoms with Crippen molar-refractivity contribution in [2.45, 2.75) is 76.7 Å². The molecule has 3 amide bonds. The fourth-order valence-electron chi connectivity index (χ4n) is 6.62. The Balaban J connectivity index is 1.43. The average Bonchev–Trinajstić information content (AvgIpc) is 3.51. The van der Waals surface area contributed by atoms with Gasteiger partial charge in [0.05, 0.1) is 25.0 Å². The fraction of sp³-hybridized carbons (Fsp3) is 0.621. The van der Waals surface area contributed by atoms with Gasteiger partial charge in [0.25, 0.3) is 0 Å². The van der Waals surface area contributed by atoms with Gasteiger partial charge < -0.3 is 25.0 Å². The van der Waals surface area contributed by atoms with Gasteiger partial charge in [-0.15, -0.1) is 0 Å². The van der Waals surface area contributed by atoms with E-state index in [9.17, 15) is 14.4 Å². The van der Waals surface area contributed by atoms with Crippen LogP contribution in [-0.2, 0) is 19.1 Å². The molecule has 2 saturated heterocycles. The number of amides is 3. The molecule has 0 aromatic heterocycles. The molecular formula is C29H39N3O5. The first-order chi connectivity index (χ1) is 17.7. The molecule has 1 saturated carbocycles. The van der Waals surface area contributed by atoms with Crippen LogP contribution in [0.4, 0.5) is 5.69 Å². The van der Waals surface area contributed by atoms with Gasteiger partial charge in [0.15, 0.2) is 0 Å². The monoisotopic (exact) mass is 509 g/mol. The van der Waals surface area contributed by atoms with Crippen molar-refractivity contribution in [1.82, 2.24) is 10.2 Å². The highest BCUT2D eigenvalue weighted by Gasteiger charge is 2.72. The van der Waals surface area contributed by atoms with E-state index in [2.05, 4.69) is 31.4 Å². The molecule has 3 aliphatic heterocycles. The summed E-state index contributed by atoms with van der Waals surface area (Å²) in [6, 6.07) is 6.44. The predicted molar refractivity (Wildman–Crippen MR) is 140 cm³/mol. The highest BCUT2D eigenvalue weighted by Crippen LogP contribution is 2.55. The molecule has 3 fully saturated rings. The second kappa shape index (κ2) is 10.1. The van der Waals surface area contributed by atoms with Crippen molar-refractivity contribution in [3.63, 3.8) is 0 Å². The lowest BCUT2D eigenvalue weighted by Gasteiger charge is -2.36. The summed E-state index contributed by atoms with van der Waals surface area (Å²) in [7, 11) is 1.57. The number of rotatable bonds is 8. The molecule has 3 heterocycles. The van der Waals surface area contributed by atoms with Crippen LogP contribution >= 0.6 is 0 Å². The smallest absolute Gasteiger partial charge is 0.246 e. The van der Waals surface area contributed by atoms with E-state index < -0.39 is 29.6 Å². The van der Waals surface area contributed by atoms with Crippen molar-refractivity contribution in [3.8, 4) is 5.75 Å². The minimum atomic E-state index is -1.13. The molecule has 7 atom stereocenters. The number of hydrogen-bond donors (Lipinski definition) is 2. The molecule has 5 rings (SSSR count). The largest absolute Gasteiger partial charge is 0.497 e. The molecule has 4 aliphatic rings. The third-order valence-corrected chi connectivity index (χ3v) is 8.65. The number of nitrogens with one attached hydrogen (secondary N) is 2. The zero-order valence-electron chi connectivity index (χ0n) is 22.2. The Morgan fingerprint density at radius 1 is 1.22 bits per heavy atom. The van der Waals surface area contributed by atoms with Gasteiger partial charge in [-0.3, -0.25) is 14.4 Å². The van der Waals surface area contributed by atoms with Crippen molar-refractivity contribution < 1.29 is 23.9 Å². The summed E-state index contributed by atoms with van der Waals surface area (Å²) >= 11 is 0.